The molecule has 0 aromatic carbocycles. The van der Waals surface area contributed by atoms with E-state index in [1.54, 1.807) is 0 Å². The van der Waals surface area contributed by atoms with E-state index in [4.69, 9.17) is 5.73 Å². The van der Waals surface area contributed by atoms with Crippen LogP contribution < -0.4 is 10.6 Å². The molecule has 0 radical (unpaired) electrons. The molecule has 2 aliphatic rings. The molecular weight excluding hydrogens is 202 g/mol. The summed E-state index contributed by atoms with van der Waals surface area (Å²) in [5.74, 6) is 3.27. The number of piperidine rings is 1. The van der Waals surface area contributed by atoms with Crippen LogP contribution in [0.15, 0.2) is 0 Å². The molecule has 1 saturated heterocycles. The Hall–Kier alpha value is -1.10. The molecule has 3 N–H and O–H groups in total. The van der Waals surface area contributed by atoms with Gasteiger partial charge >= 0.3 is 0 Å². The van der Waals surface area contributed by atoms with Crippen LogP contribution in [0.5, 0.6) is 0 Å². The van der Waals surface area contributed by atoms with Crippen molar-refractivity contribution in [2.45, 2.75) is 38.1 Å². The number of hydrogen-bond acceptors (Lipinski definition) is 4. The highest BCUT2D eigenvalue weighted by Crippen LogP contribution is 2.45. The summed E-state index contributed by atoms with van der Waals surface area (Å²) < 4.78 is 0. The Labute approximate surface area is 95.4 Å². The number of hydrogen-bond donors (Lipinski definition) is 2. The second-order valence-electron chi connectivity index (χ2n) is 5.19. The van der Waals surface area contributed by atoms with Gasteiger partial charge in [0, 0.05) is 25.0 Å². The summed E-state index contributed by atoms with van der Waals surface area (Å²) in [5.41, 5.74) is 5.96. The quantitative estimate of drug-likeness (QED) is 0.777. The highest BCUT2D eigenvalue weighted by Gasteiger charge is 2.37. The fourth-order valence-electron chi connectivity index (χ4n) is 2.47. The van der Waals surface area contributed by atoms with Crippen LogP contribution in [0.1, 0.15) is 37.9 Å². The van der Waals surface area contributed by atoms with Gasteiger partial charge in [-0.05, 0) is 25.2 Å². The van der Waals surface area contributed by atoms with Gasteiger partial charge < -0.3 is 10.6 Å². The summed E-state index contributed by atoms with van der Waals surface area (Å²) in [6.45, 7) is 4.17. The van der Waals surface area contributed by atoms with E-state index < -0.39 is 0 Å². The van der Waals surface area contributed by atoms with Gasteiger partial charge in [-0.1, -0.05) is 6.92 Å². The number of aromatic amines is 1. The Bertz CT molecular complexity index is 374. The first-order chi connectivity index (χ1) is 7.74. The summed E-state index contributed by atoms with van der Waals surface area (Å²) in [6.07, 6.45) is 3.51. The maximum Gasteiger partial charge on any atom is 0.244 e. The van der Waals surface area contributed by atoms with Crippen LogP contribution in [-0.2, 0) is 0 Å². The van der Waals surface area contributed by atoms with Gasteiger partial charge in [-0.15, -0.1) is 5.10 Å². The maximum atomic E-state index is 5.96. The molecule has 0 spiro atoms. The summed E-state index contributed by atoms with van der Waals surface area (Å²) in [5, 5.41) is 7.37. The monoisotopic (exact) mass is 221 g/mol. The third-order valence-electron chi connectivity index (χ3n) is 3.69. The van der Waals surface area contributed by atoms with E-state index in [-0.39, 0.29) is 6.04 Å². The zero-order chi connectivity index (χ0) is 11.1. The largest absolute Gasteiger partial charge is 0.338 e. The van der Waals surface area contributed by atoms with Gasteiger partial charge in [-0.3, -0.25) is 5.10 Å². The second kappa shape index (κ2) is 3.73. The van der Waals surface area contributed by atoms with Crippen molar-refractivity contribution in [2.75, 3.05) is 18.0 Å². The van der Waals surface area contributed by atoms with Crippen molar-refractivity contribution in [3.8, 4) is 0 Å². The first kappa shape index (κ1) is 10.1. The second-order valence-corrected chi connectivity index (χ2v) is 5.19. The Morgan fingerprint density at radius 1 is 1.50 bits per heavy atom. The van der Waals surface area contributed by atoms with Crippen LogP contribution >= 0.6 is 0 Å². The molecule has 3 rings (SSSR count). The molecule has 3 atom stereocenters. The molecule has 0 amide bonds. The molecule has 1 aliphatic carbocycles. The number of anilines is 1. The molecular formula is C11H19N5. The Balaban J connectivity index is 1.71. The number of rotatable bonds is 2. The van der Waals surface area contributed by atoms with E-state index in [9.17, 15) is 0 Å². The molecule has 5 heteroatoms. The van der Waals surface area contributed by atoms with Crippen molar-refractivity contribution in [1.82, 2.24) is 15.2 Å². The number of nitrogens with one attached hydrogen (secondary N) is 1. The molecule has 1 aromatic heterocycles. The summed E-state index contributed by atoms with van der Waals surface area (Å²) in [6, 6.07) is 0.274. The molecule has 1 aromatic rings. The lowest BCUT2D eigenvalue weighted by molar-refractivity contribution is 0.500. The van der Waals surface area contributed by atoms with Gasteiger partial charge in [0.05, 0.1) is 0 Å². The number of nitrogens with two attached hydrogens (primary N) is 1. The summed E-state index contributed by atoms with van der Waals surface area (Å²) >= 11 is 0. The molecule has 2 heterocycles. The average molecular weight is 221 g/mol. The average Bonchev–Trinajstić information content (AvgIpc) is 2.81. The smallest absolute Gasteiger partial charge is 0.244 e. The van der Waals surface area contributed by atoms with Crippen molar-refractivity contribution >= 4 is 5.95 Å². The minimum absolute atomic E-state index is 0.274. The van der Waals surface area contributed by atoms with E-state index in [0.717, 1.165) is 43.6 Å². The molecule has 88 valence electrons. The third-order valence-corrected chi connectivity index (χ3v) is 3.69. The van der Waals surface area contributed by atoms with Crippen molar-refractivity contribution in [3.05, 3.63) is 5.82 Å². The van der Waals surface area contributed by atoms with Crippen LogP contribution in [0.2, 0.25) is 0 Å². The lowest BCUT2D eigenvalue weighted by atomic mass is 10.1. The van der Waals surface area contributed by atoms with Gasteiger partial charge in [0.25, 0.3) is 0 Å². The van der Waals surface area contributed by atoms with Crippen molar-refractivity contribution in [1.29, 1.82) is 0 Å². The van der Waals surface area contributed by atoms with Gasteiger partial charge in [-0.2, -0.15) is 4.98 Å². The van der Waals surface area contributed by atoms with E-state index >= 15 is 0 Å². The minimum atomic E-state index is 0.274. The standard InChI is InChI=1S/C11H19N5/c1-7-5-9(7)10-13-11(15-14-10)16-4-2-3-8(12)6-16/h7-9H,2-6,12H2,1H3,(H,13,14,15). The van der Waals surface area contributed by atoms with Gasteiger partial charge in [0.15, 0.2) is 0 Å². The minimum Gasteiger partial charge on any atom is -0.338 e. The van der Waals surface area contributed by atoms with Gasteiger partial charge in [-0.25, -0.2) is 0 Å². The van der Waals surface area contributed by atoms with Gasteiger partial charge in [0.2, 0.25) is 5.95 Å². The molecule has 0 bridgehead atoms. The first-order valence-corrected chi connectivity index (χ1v) is 6.17. The highest BCUT2D eigenvalue weighted by molar-refractivity contribution is 5.31. The van der Waals surface area contributed by atoms with Crippen LogP contribution in [0.25, 0.3) is 0 Å². The van der Waals surface area contributed by atoms with E-state index in [1.807, 2.05) is 0 Å². The highest BCUT2D eigenvalue weighted by atomic mass is 15.4. The first-order valence-electron chi connectivity index (χ1n) is 6.17. The molecule has 1 aliphatic heterocycles. The number of H-pyrrole nitrogens is 1. The van der Waals surface area contributed by atoms with Crippen LogP contribution in [0.4, 0.5) is 5.95 Å². The normalized spacial score (nSPS) is 34.1. The number of aromatic nitrogens is 3. The summed E-state index contributed by atoms with van der Waals surface area (Å²) in [4.78, 5) is 6.78. The molecule has 3 unspecified atom stereocenters. The zero-order valence-corrected chi connectivity index (χ0v) is 9.69. The molecule has 2 fully saturated rings. The topological polar surface area (TPSA) is 70.8 Å². The zero-order valence-electron chi connectivity index (χ0n) is 9.69. The Kier molecular flexibility index (Phi) is 2.35. The van der Waals surface area contributed by atoms with Crippen molar-refractivity contribution in [2.24, 2.45) is 11.7 Å². The van der Waals surface area contributed by atoms with Crippen LogP contribution in [0.3, 0.4) is 0 Å². The van der Waals surface area contributed by atoms with E-state index in [0.29, 0.717) is 5.92 Å². The predicted molar refractivity (Wildman–Crippen MR) is 62.3 cm³/mol. The Morgan fingerprint density at radius 3 is 3.00 bits per heavy atom. The molecule has 1 saturated carbocycles. The molecule has 5 nitrogen and oxygen atoms in total. The SMILES string of the molecule is CC1CC1c1nc(N2CCCC(N)C2)n[nH]1. The van der Waals surface area contributed by atoms with Crippen molar-refractivity contribution in [3.63, 3.8) is 0 Å². The maximum absolute atomic E-state index is 5.96. The molecule has 16 heavy (non-hydrogen) atoms. The number of nitrogens with zero attached hydrogens (tertiary/aromatic N) is 3. The van der Waals surface area contributed by atoms with Crippen LogP contribution in [0, 0.1) is 5.92 Å². The van der Waals surface area contributed by atoms with Gasteiger partial charge in [0.1, 0.15) is 5.82 Å². The lowest BCUT2D eigenvalue weighted by Crippen LogP contribution is -2.43. The Morgan fingerprint density at radius 2 is 2.31 bits per heavy atom. The van der Waals surface area contributed by atoms with Crippen LogP contribution in [-0.4, -0.2) is 34.3 Å². The van der Waals surface area contributed by atoms with Crippen molar-refractivity contribution < 1.29 is 0 Å². The third kappa shape index (κ3) is 1.80. The van der Waals surface area contributed by atoms with E-state index in [1.165, 1.54) is 6.42 Å². The lowest BCUT2D eigenvalue weighted by Gasteiger charge is -2.29. The van der Waals surface area contributed by atoms with E-state index in [2.05, 4.69) is 27.0 Å². The predicted octanol–water partition coefficient (Wildman–Crippen LogP) is 0.856. The fraction of sp³-hybridized carbons (Fsp3) is 0.818. The summed E-state index contributed by atoms with van der Waals surface area (Å²) in [7, 11) is 0. The fourth-order valence-corrected chi connectivity index (χ4v) is 2.47.